The van der Waals surface area contributed by atoms with E-state index in [4.69, 9.17) is 23.2 Å². The normalized spacial score (nSPS) is 14.1. The standard InChI is InChI=1S/C11H13BrCl2/c1-11(2,3)10(12)8-5-4-7(13)6-9(8)14/h4-6,10H,1-3H3. The molecule has 1 unspecified atom stereocenters. The van der Waals surface area contributed by atoms with E-state index < -0.39 is 0 Å². The van der Waals surface area contributed by atoms with E-state index in [9.17, 15) is 0 Å². The van der Waals surface area contributed by atoms with Crippen molar-refractivity contribution in [1.29, 1.82) is 0 Å². The molecule has 0 saturated carbocycles. The molecule has 0 aliphatic rings. The van der Waals surface area contributed by atoms with Crippen molar-refractivity contribution in [3.63, 3.8) is 0 Å². The van der Waals surface area contributed by atoms with Gasteiger partial charge in [-0.25, -0.2) is 0 Å². The average Bonchev–Trinajstić information content (AvgIpc) is 2.01. The molecule has 0 saturated heterocycles. The van der Waals surface area contributed by atoms with E-state index in [1.54, 1.807) is 6.07 Å². The SMILES string of the molecule is CC(C)(C)C(Br)c1ccc(Cl)cc1Cl. The van der Waals surface area contributed by atoms with Crippen LogP contribution in [0.2, 0.25) is 10.0 Å². The van der Waals surface area contributed by atoms with E-state index in [-0.39, 0.29) is 10.2 Å². The minimum Gasteiger partial charge on any atom is -0.0843 e. The highest BCUT2D eigenvalue weighted by atomic mass is 79.9. The lowest BCUT2D eigenvalue weighted by Gasteiger charge is -2.26. The molecule has 3 heteroatoms. The van der Waals surface area contributed by atoms with Gasteiger partial charge in [0.1, 0.15) is 0 Å². The van der Waals surface area contributed by atoms with Gasteiger partial charge in [0.2, 0.25) is 0 Å². The maximum absolute atomic E-state index is 6.12. The summed E-state index contributed by atoms with van der Waals surface area (Å²) in [6.45, 7) is 6.49. The number of benzene rings is 1. The highest BCUT2D eigenvalue weighted by Crippen LogP contribution is 2.43. The van der Waals surface area contributed by atoms with Gasteiger partial charge in [-0.1, -0.05) is 66.0 Å². The van der Waals surface area contributed by atoms with Gasteiger partial charge in [-0.3, -0.25) is 0 Å². The van der Waals surface area contributed by atoms with Gasteiger partial charge in [0.05, 0.1) is 0 Å². The lowest BCUT2D eigenvalue weighted by Crippen LogP contribution is -2.13. The molecule has 0 fully saturated rings. The van der Waals surface area contributed by atoms with Gasteiger partial charge in [-0.05, 0) is 23.1 Å². The van der Waals surface area contributed by atoms with Gasteiger partial charge in [0.15, 0.2) is 0 Å². The number of hydrogen-bond acceptors (Lipinski definition) is 0. The van der Waals surface area contributed by atoms with Crippen LogP contribution >= 0.6 is 39.1 Å². The molecule has 1 rings (SSSR count). The summed E-state index contributed by atoms with van der Waals surface area (Å²) in [6, 6.07) is 5.61. The van der Waals surface area contributed by atoms with Crippen LogP contribution in [0.5, 0.6) is 0 Å². The van der Waals surface area contributed by atoms with Crippen LogP contribution in [0.1, 0.15) is 31.2 Å². The van der Waals surface area contributed by atoms with Crippen molar-refractivity contribution < 1.29 is 0 Å². The summed E-state index contributed by atoms with van der Waals surface area (Å²) >= 11 is 15.6. The summed E-state index contributed by atoms with van der Waals surface area (Å²) in [7, 11) is 0. The van der Waals surface area contributed by atoms with Crippen molar-refractivity contribution in [2.45, 2.75) is 25.6 Å². The Morgan fingerprint density at radius 1 is 1.21 bits per heavy atom. The molecule has 0 spiro atoms. The molecule has 0 radical (unpaired) electrons. The predicted molar refractivity (Wildman–Crippen MR) is 67.6 cm³/mol. The fraction of sp³-hybridized carbons (Fsp3) is 0.455. The lowest BCUT2D eigenvalue weighted by atomic mass is 9.88. The minimum absolute atomic E-state index is 0.136. The van der Waals surface area contributed by atoms with Crippen LogP contribution < -0.4 is 0 Å². The predicted octanol–water partition coefficient (Wildman–Crippen LogP) is 5.48. The molecule has 0 heterocycles. The van der Waals surface area contributed by atoms with Crippen LogP contribution in [0, 0.1) is 5.41 Å². The Balaban J connectivity index is 3.08. The molecule has 0 aromatic heterocycles. The van der Waals surface area contributed by atoms with Crippen molar-refractivity contribution in [3.8, 4) is 0 Å². The zero-order valence-corrected chi connectivity index (χ0v) is 11.5. The molecular formula is C11H13BrCl2. The second kappa shape index (κ2) is 4.42. The molecule has 0 aliphatic carbocycles. The molecule has 14 heavy (non-hydrogen) atoms. The van der Waals surface area contributed by atoms with Gasteiger partial charge in [-0.2, -0.15) is 0 Å². The van der Waals surface area contributed by atoms with Crippen molar-refractivity contribution in [2.24, 2.45) is 5.41 Å². The zero-order valence-electron chi connectivity index (χ0n) is 8.44. The van der Waals surface area contributed by atoms with Crippen LogP contribution in [-0.2, 0) is 0 Å². The molecule has 1 atom stereocenters. The van der Waals surface area contributed by atoms with Gasteiger partial charge < -0.3 is 0 Å². The van der Waals surface area contributed by atoms with E-state index in [0.29, 0.717) is 10.0 Å². The van der Waals surface area contributed by atoms with Crippen LogP contribution in [0.4, 0.5) is 0 Å². The number of alkyl halides is 1. The monoisotopic (exact) mass is 294 g/mol. The van der Waals surface area contributed by atoms with Crippen LogP contribution in [0.15, 0.2) is 18.2 Å². The second-order valence-corrected chi connectivity index (χ2v) is 6.15. The first-order valence-corrected chi connectivity index (χ1v) is 6.08. The van der Waals surface area contributed by atoms with Crippen LogP contribution in [0.3, 0.4) is 0 Å². The Morgan fingerprint density at radius 2 is 1.79 bits per heavy atom. The number of hydrogen-bond donors (Lipinski definition) is 0. The highest BCUT2D eigenvalue weighted by molar-refractivity contribution is 9.09. The average molecular weight is 296 g/mol. The number of rotatable bonds is 1. The summed E-state index contributed by atoms with van der Waals surface area (Å²) in [5.74, 6) is 0. The smallest absolute Gasteiger partial charge is 0.0464 e. The van der Waals surface area contributed by atoms with E-state index in [1.807, 2.05) is 12.1 Å². The topological polar surface area (TPSA) is 0 Å². The summed E-state index contributed by atoms with van der Waals surface area (Å²) in [5, 5.41) is 1.39. The van der Waals surface area contributed by atoms with Gasteiger partial charge in [0.25, 0.3) is 0 Å². The largest absolute Gasteiger partial charge is 0.0843 e. The third-order valence-corrected chi connectivity index (χ3v) is 4.43. The molecule has 0 nitrogen and oxygen atoms in total. The Labute approximate surface area is 104 Å². The first kappa shape index (κ1) is 12.4. The van der Waals surface area contributed by atoms with Crippen molar-refractivity contribution in [1.82, 2.24) is 0 Å². The highest BCUT2D eigenvalue weighted by Gasteiger charge is 2.25. The quantitative estimate of drug-likeness (QED) is 0.602. The number of halogens is 3. The molecule has 1 aromatic rings. The molecule has 0 aliphatic heterocycles. The summed E-state index contributed by atoms with van der Waals surface area (Å²) in [6.07, 6.45) is 0. The van der Waals surface area contributed by atoms with Crippen molar-refractivity contribution in [3.05, 3.63) is 33.8 Å². The molecular weight excluding hydrogens is 283 g/mol. The summed E-state index contributed by atoms with van der Waals surface area (Å²) in [5.41, 5.74) is 1.22. The van der Waals surface area contributed by atoms with Crippen molar-refractivity contribution in [2.75, 3.05) is 0 Å². The Hall–Kier alpha value is 0.280. The maximum atomic E-state index is 6.12. The Morgan fingerprint density at radius 3 is 2.21 bits per heavy atom. The van der Waals surface area contributed by atoms with Crippen molar-refractivity contribution >= 4 is 39.1 Å². The summed E-state index contributed by atoms with van der Waals surface area (Å²) < 4.78 is 0. The fourth-order valence-electron chi connectivity index (χ4n) is 1.17. The zero-order chi connectivity index (χ0) is 10.9. The summed E-state index contributed by atoms with van der Waals surface area (Å²) in [4.78, 5) is 0.236. The fourth-order valence-corrected chi connectivity index (χ4v) is 2.22. The van der Waals surface area contributed by atoms with E-state index in [2.05, 4.69) is 36.7 Å². The van der Waals surface area contributed by atoms with Gasteiger partial charge in [-0.15, -0.1) is 0 Å². The second-order valence-electron chi connectivity index (χ2n) is 4.39. The molecule has 0 N–H and O–H groups in total. The van der Waals surface area contributed by atoms with Crippen LogP contribution in [0.25, 0.3) is 0 Å². The Kier molecular flexibility index (Phi) is 3.90. The molecule has 0 bridgehead atoms. The van der Waals surface area contributed by atoms with Gasteiger partial charge >= 0.3 is 0 Å². The molecule has 0 amide bonds. The lowest BCUT2D eigenvalue weighted by molar-refractivity contribution is 0.407. The molecule has 1 aromatic carbocycles. The first-order valence-electron chi connectivity index (χ1n) is 4.41. The molecule has 78 valence electrons. The van der Waals surface area contributed by atoms with Crippen LogP contribution in [-0.4, -0.2) is 0 Å². The van der Waals surface area contributed by atoms with Gasteiger partial charge in [0, 0.05) is 14.9 Å². The van der Waals surface area contributed by atoms with E-state index in [1.165, 1.54) is 0 Å². The maximum Gasteiger partial charge on any atom is 0.0464 e. The third-order valence-electron chi connectivity index (χ3n) is 2.00. The minimum atomic E-state index is 0.136. The third kappa shape index (κ3) is 2.88. The van der Waals surface area contributed by atoms with E-state index >= 15 is 0 Å². The Bertz CT molecular complexity index is 329. The van der Waals surface area contributed by atoms with E-state index in [0.717, 1.165) is 5.56 Å². The first-order chi connectivity index (χ1) is 6.32.